The molecule has 1 atom stereocenters. The molecule has 0 bridgehead atoms. The topological polar surface area (TPSA) is 107 Å². The van der Waals surface area contributed by atoms with Crippen molar-refractivity contribution in [2.24, 2.45) is 5.73 Å². The Labute approximate surface area is 219 Å². The molecule has 5 rings (SSSR count). The largest absolute Gasteiger partial charge is 0.497 e. The van der Waals surface area contributed by atoms with Gasteiger partial charge in [-0.1, -0.05) is 24.3 Å². The van der Waals surface area contributed by atoms with E-state index in [2.05, 4.69) is 15.2 Å². The number of ketones is 1. The lowest BCUT2D eigenvalue weighted by atomic mass is 10.1. The number of rotatable bonds is 8. The number of methoxy groups -OCH3 is 1. The molecule has 1 aliphatic rings. The second kappa shape index (κ2) is 10.7. The van der Waals surface area contributed by atoms with E-state index in [1.807, 2.05) is 4.57 Å². The number of carbonyl (C=O) groups is 1. The maximum atomic E-state index is 13.9. The minimum atomic E-state index is -0.336. The number of nitrogens with two attached hydrogens (primary N) is 1. The molecule has 4 aromatic rings. The Kier molecular flexibility index (Phi) is 7.15. The van der Waals surface area contributed by atoms with Crippen molar-refractivity contribution in [2.75, 3.05) is 37.5 Å². The molecular weight excluding hydrogens is 487 g/mol. The molecule has 3 heterocycles. The van der Waals surface area contributed by atoms with Gasteiger partial charge in [-0.05, 0) is 42.7 Å². The molecule has 198 valence electrons. The molecule has 10 heteroatoms. The first kappa shape index (κ1) is 25.5. The summed E-state index contributed by atoms with van der Waals surface area (Å²) in [6.07, 6.45) is 3.27. The summed E-state index contributed by atoms with van der Waals surface area (Å²) in [7, 11) is 3.33. The molecule has 0 amide bonds. The van der Waals surface area contributed by atoms with Crippen LogP contribution in [0.4, 0.5) is 15.9 Å². The SMILES string of the molecule is CNc1c(N2CCC[C@@H](N)C2)n(Cc2ccc(F)cc2)c2c(=O)n(CC(=O)c3cccc(OC)c3)cnc12. The Morgan fingerprint density at radius 1 is 1.24 bits per heavy atom. The van der Waals surface area contributed by atoms with Crippen molar-refractivity contribution in [1.29, 1.82) is 0 Å². The third-order valence-electron chi connectivity index (χ3n) is 6.97. The van der Waals surface area contributed by atoms with Gasteiger partial charge in [-0.3, -0.25) is 14.2 Å². The van der Waals surface area contributed by atoms with Crippen molar-refractivity contribution in [3.8, 4) is 5.75 Å². The average molecular weight is 519 g/mol. The van der Waals surface area contributed by atoms with Gasteiger partial charge in [-0.2, -0.15) is 0 Å². The highest BCUT2D eigenvalue weighted by atomic mass is 19.1. The van der Waals surface area contributed by atoms with Gasteiger partial charge in [0.05, 0.1) is 20.0 Å². The number of nitrogens with zero attached hydrogens (tertiary/aromatic N) is 4. The van der Waals surface area contributed by atoms with Crippen LogP contribution >= 0.6 is 0 Å². The van der Waals surface area contributed by atoms with Gasteiger partial charge in [-0.25, -0.2) is 9.37 Å². The number of ether oxygens (including phenoxy) is 1. The number of aromatic nitrogens is 3. The number of anilines is 2. The number of benzene rings is 2. The van der Waals surface area contributed by atoms with Crippen LogP contribution < -0.4 is 26.2 Å². The Hall–Kier alpha value is -4.18. The first-order chi connectivity index (χ1) is 18.4. The maximum absolute atomic E-state index is 13.9. The van der Waals surface area contributed by atoms with Gasteiger partial charge < -0.3 is 25.3 Å². The van der Waals surface area contributed by atoms with E-state index in [0.29, 0.717) is 35.4 Å². The lowest BCUT2D eigenvalue weighted by molar-refractivity contribution is 0.0970. The third kappa shape index (κ3) is 4.87. The van der Waals surface area contributed by atoms with Crippen molar-refractivity contribution in [2.45, 2.75) is 32.0 Å². The van der Waals surface area contributed by atoms with Crippen LogP contribution in [0.25, 0.3) is 11.0 Å². The molecule has 0 radical (unpaired) electrons. The van der Waals surface area contributed by atoms with Gasteiger partial charge >= 0.3 is 0 Å². The summed E-state index contributed by atoms with van der Waals surface area (Å²) < 4.78 is 22.1. The Morgan fingerprint density at radius 3 is 2.74 bits per heavy atom. The molecule has 3 N–H and O–H groups in total. The molecule has 2 aromatic heterocycles. The fourth-order valence-corrected chi connectivity index (χ4v) is 5.09. The third-order valence-corrected chi connectivity index (χ3v) is 6.97. The van der Waals surface area contributed by atoms with Gasteiger partial charge in [0.15, 0.2) is 5.78 Å². The number of piperidine rings is 1. The van der Waals surface area contributed by atoms with E-state index in [0.717, 1.165) is 36.5 Å². The Morgan fingerprint density at radius 2 is 2.03 bits per heavy atom. The molecular formula is C28H31FN6O3. The predicted molar refractivity (Wildman–Crippen MR) is 146 cm³/mol. The molecule has 0 spiro atoms. The standard InChI is InChI=1S/C28H31FN6O3/c1-31-25-24-26(28(37)34(17-32-24)16-23(36)19-5-3-7-22(13-19)38-2)35(14-18-8-10-20(29)11-9-18)27(25)33-12-4-6-21(30)15-33/h3,5,7-11,13,17,21,31H,4,6,12,14-16,30H2,1-2H3/t21-/m1/s1. The number of hydrogen-bond acceptors (Lipinski definition) is 7. The lowest BCUT2D eigenvalue weighted by Gasteiger charge is -2.34. The average Bonchev–Trinajstić information content (AvgIpc) is 3.25. The zero-order chi connectivity index (χ0) is 26.8. The first-order valence-corrected chi connectivity index (χ1v) is 12.6. The fraction of sp³-hybridized carbons (Fsp3) is 0.321. The second-order valence-electron chi connectivity index (χ2n) is 9.54. The Balaban J connectivity index is 1.64. The van der Waals surface area contributed by atoms with Crippen molar-refractivity contribution in [3.05, 3.63) is 82.2 Å². The van der Waals surface area contributed by atoms with Crippen molar-refractivity contribution >= 4 is 28.3 Å². The number of fused-ring (bicyclic) bond motifs is 1. The highest BCUT2D eigenvalue weighted by Crippen LogP contribution is 2.37. The summed E-state index contributed by atoms with van der Waals surface area (Å²) in [5, 5.41) is 3.24. The molecule has 2 aromatic carbocycles. The van der Waals surface area contributed by atoms with Crippen LogP contribution in [0.1, 0.15) is 28.8 Å². The van der Waals surface area contributed by atoms with E-state index in [1.54, 1.807) is 43.4 Å². The fourth-order valence-electron chi connectivity index (χ4n) is 5.09. The van der Waals surface area contributed by atoms with E-state index < -0.39 is 0 Å². The van der Waals surface area contributed by atoms with Gasteiger partial charge in [0.2, 0.25) is 0 Å². The number of nitrogens with one attached hydrogen (secondary N) is 1. The summed E-state index contributed by atoms with van der Waals surface area (Å²) in [5.74, 6) is 0.806. The van der Waals surface area contributed by atoms with Gasteiger partial charge in [-0.15, -0.1) is 0 Å². The summed E-state index contributed by atoms with van der Waals surface area (Å²) in [5.41, 5.74) is 8.85. The highest BCUT2D eigenvalue weighted by molar-refractivity contribution is 5.98. The molecule has 1 fully saturated rings. The van der Waals surface area contributed by atoms with E-state index in [-0.39, 0.29) is 29.7 Å². The van der Waals surface area contributed by atoms with Gasteiger partial charge in [0, 0.05) is 38.3 Å². The number of halogens is 1. The summed E-state index contributed by atoms with van der Waals surface area (Å²) in [6.45, 7) is 1.57. The van der Waals surface area contributed by atoms with Crippen LogP contribution in [0.2, 0.25) is 0 Å². The lowest BCUT2D eigenvalue weighted by Crippen LogP contribution is -2.44. The van der Waals surface area contributed by atoms with E-state index in [4.69, 9.17) is 10.5 Å². The molecule has 0 saturated carbocycles. The highest BCUT2D eigenvalue weighted by Gasteiger charge is 2.28. The molecule has 1 saturated heterocycles. The molecule has 0 aliphatic carbocycles. The minimum Gasteiger partial charge on any atom is -0.497 e. The molecule has 1 aliphatic heterocycles. The normalized spacial score (nSPS) is 15.6. The zero-order valence-corrected chi connectivity index (χ0v) is 21.5. The summed E-state index contributed by atoms with van der Waals surface area (Å²) >= 11 is 0. The van der Waals surface area contributed by atoms with Crippen LogP contribution in [0, 0.1) is 5.82 Å². The quantitative estimate of drug-likeness (QED) is 0.345. The zero-order valence-electron chi connectivity index (χ0n) is 21.5. The predicted octanol–water partition coefficient (Wildman–Crippen LogP) is 3.25. The van der Waals surface area contributed by atoms with E-state index in [1.165, 1.54) is 30.1 Å². The van der Waals surface area contributed by atoms with Crippen molar-refractivity contribution < 1.29 is 13.9 Å². The number of hydrogen-bond donors (Lipinski definition) is 2. The molecule has 0 unspecified atom stereocenters. The minimum absolute atomic E-state index is 0.0100. The van der Waals surface area contributed by atoms with Crippen LogP contribution in [0.3, 0.4) is 0 Å². The molecule has 9 nitrogen and oxygen atoms in total. The summed E-state index contributed by atoms with van der Waals surface area (Å²) in [4.78, 5) is 33.8. The van der Waals surface area contributed by atoms with E-state index in [9.17, 15) is 14.0 Å². The first-order valence-electron chi connectivity index (χ1n) is 12.6. The van der Waals surface area contributed by atoms with Gasteiger partial charge in [0.25, 0.3) is 5.56 Å². The van der Waals surface area contributed by atoms with Crippen LogP contribution in [0.15, 0.2) is 59.7 Å². The Bertz CT molecular complexity index is 1530. The number of Topliss-reactive ketones (excluding diaryl/α,β-unsaturated/α-hetero) is 1. The van der Waals surface area contributed by atoms with Crippen molar-refractivity contribution in [1.82, 2.24) is 14.1 Å². The smallest absolute Gasteiger partial charge is 0.278 e. The van der Waals surface area contributed by atoms with Crippen LogP contribution in [-0.2, 0) is 13.1 Å². The summed E-state index contributed by atoms with van der Waals surface area (Å²) in [6, 6.07) is 13.0. The van der Waals surface area contributed by atoms with E-state index >= 15 is 0 Å². The van der Waals surface area contributed by atoms with Gasteiger partial charge in [0.1, 0.15) is 34.1 Å². The van der Waals surface area contributed by atoms with Crippen LogP contribution in [0.5, 0.6) is 5.75 Å². The monoisotopic (exact) mass is 518 g/mol. The second-order valence-corrected chi connectivity index (χ2v) is 9.54. The van der Waals surface area contributed by atoms with Crippen LogP contribution in [-0.4, -0.2) is 53.2 Å². The molecule has 38 heavy (non-hydrogen) atoms. The maximum Gasteiger partial charge on any atom is 0.278 e. The van der Waals surface area contributed by atoms with Crippen molar-refractivity contribution in [3.63, 3.8) is 0 Å². The number of carbonyl (C=O) groups excluding carboxylic acids is 1.